The van der Waals surface area contributed by atoms with Crippen molar-refractivity contribution in [3.63, 3.8) is 0 Å². The van der Waals surface area contributed by atoms with Crippen molar-refractivity contribution >= 4 is 17.3 Å². The number of non-ortho nitro benzene ring substituents is 1. The van der Waals surface area contributed by atoms with Crippen LogP contribution >= 0.6 is 0 Å². The van der Waals surface area contributed by atoms with Gasteiger partial charge in [0.15, 0.2) is 11.5 Å². The summed E-state index contributed by atoms with van der Waals surface area (Å²) >= 11 is 0. The predicted octanol–water partition coefficient (Wildman–Crippen LogP) is 7.12. The fourth-order valence-corrected chi connectivity index (χ4v) is 3.39. The molecule has 0 aliphatic heterocycles. The fourth-order valence-electron chi connectivity index (χ4n) is 3.39. The van der Waals surface area contributed by atoms with Crippen LogP contribution in [0.3, 0.4) is 0 Å². The summed E-state index contributed by atoms with van der Waals surface area (Å²) in [6.45, 7) is 2.85. The van der Waals surface area contributed by atoms with Crippen LogP contribution in [0, 0.1) is 53.0 Å². The molecule has 0 saturated carbocycles. The Morgan fingerprint density at radius 1 is 0.923 bits per heavy atom. The van der Waals surface area contributed by atoms with Gasteiger partial charge in [-0.15, -0.1) is 0 Å². The molecule has 4 aromatic rings. The molecule has 0 fully saturated rings. The van der Waals surface area contributed by atoms with Gasteiger partial charge in [0.1, 0.15) is 23.9 Å². The first-order chi connectivity index (χ1) is 18.4. The van der Waals surface area contributed by atoms with Gasteiger partial charge in [-0.25, -0.2) is 13.2 Å². The number of ether oxygens (including phenoxy) is 2. The van der Waals surface area contributed by atoms with Gasteiger partial charge in [0.2, 0.25) is 29.1 Å². The largest absolute Gasteiger partial charge is 0.479 e. The third-order valence-electron chi connectivity index (χ3n) is 5.35. The fraction of sp³-hybridized carbons (Fsp3) is 0.115. The lowest BCUT2D eigenvalue weighted by Gasteiger charge is -2.11. The normalized spacial score (nSPS) is 10.8. The Labute approximate surface area is 216 Å². The van der Waals surface area contributed by atoms with Crippen LogP contribution in [0.2, 0.25) is 0 Å². The van der Waals surface area contributed by atoms with Crippen molar-refractivity contribution in [2.24, 2.45) is 0 Å². The SMILES string of the molecule is Cc1ccc(C)c(Oc2cc(NC(=O)c3ccc(COc4c(F)c(F)c(F)c(F)c4F)o3)cc([N+](=O)[O-])c2)c1. The van der Waals surface area contributed by atoms with Crippen LogP contribution in [0.15, 0.2) is 52.9 Å². The summed E-state index contributed by atoms with van der Waals surface area (Å²) in [4.78, 5) is 23.4. The van der Waals surface area contributed by atoms with Gasteiger partial charge < -0.3 is 19.2 Å². The molecule has 0 spiro atoms. The van der Waals surface area contributed by atoms with E-state index in [9.17, 15) is 36.9 Å². The van der Waals surface area contributed by atoms with E-state index in [1.807, 2.05) is 19.1 Å². The summed E-state index contributed by atoms with van der Waals surface area (Å²) < 4.78 is 83.2. The minimum absolute atomic E-state index is 0.00916. The van der Waals surface area contributed by atoms with E-state index in [1.165, 1.54) is 18.2 Å². The van der Waals surface area contributed by atoms with Crippen molar-refractivity contribution in [3.8, 4) is 17.2 Å². The number of nitrogens with one attached hydrogen (secondary N) is 1. The quantitative estimate of drug-likeness (QED) is 0.0827. The Morgan fingerprint density at radius 3 is 2.26 bits per heavy atom. The Balaban J connectivity index is 1.51. The van der Waals surface area contributed by atoms with E-state index in [0.29, 0.717) is 5.75 Å². The number of nitrogens with zero attached hydrogens (tertiary/aromatic N) is 1. The highest BCUT2D eigenvalue weighted by atomic mass is 19.2. The van der Waals surface area contributed by atoms with Crippen LogP contribution in [0.1, 0.15) is 27.4 Å². The van der Waals surface area contributed by atoms with E-state index in [-0.39, 0.29) is 28.6 Å². The van der Waals surface area contributed by atoms with Gasteiger partial charge in [-0.3, -0.25) is 14.9 Å². The number of benzene rings is 3. The predicted molar refractivity (Wildman–Crippen MR) is 126 cm³/mol. The minimum Gasteiger partial charge on any atom is -0.479 e. The number of furan rings is 1. The maximum Gasteiger partial charge on any atom is 0.291 e. The smallest absolute Gasteiger partial charge is 0.291 e. The molecule has 0 saturated heterocycles. The number of halogens is 5. The van der Waals surface area contributed by atoms with Crippen molar-refractivity contribution in [2.45, 2.75) is 20.5 Å². The molecular weight excluding hydrogens is 531 g/mol. The van der Waals surface area contributed by atoms with Crippen LogP contribution in [0.5, 0.6) is 17.2 Å². The topological polar surface area (TPSA) is 104 Å². The zero-order valence-corrected chi connectivity index (χ0v) is 20.1. The second kappa shape index (κ2) is 10.8. The van der Waals surface area contributed by atoms with Crippen molar-refractivity contribution in [2.75, 3.05) is 5.32 Å². The average molecular weight is 548 g/mol. The number of carbonyl (C=O) groups excluding carboxylic acids is 1. The van der Waals surface area contributed by atoms with Gasteiger partial charge in [-0.05, 0) is 43.2 Å². The summed E-state index contributed by atoms with van der Waals surface area (Å²) in [5.74, 6) is -13.4. The molecule has 0 atom stereocenters. The van der Waals surface area contributed by atoms with Crippen LogP contribution in [-0.4, -0.2) is 10.8 Å². The molecule has 0 bridgehead atoms. The second-order valence-corrected chi connectivity index (χ2v) is 8.25. The highest BCUT2D eigenvalue weighted by Crippen LogP contribution is 2.33. The van der Waals surface area contributed by atoms with E-state index in [1.54, 1.807) is 13.0 Å². The Bertz CT molecular complexity index is 1580. The van der Waals surface area contributed by atoms with E-state index < -0.39 is 52.3 Å². The number of anilines is 1. The van der Waals surface area contributed by atoms with Crippen molar-refractivity contribution < 1.29 is 45.6 Å². The van der Waals surface area contributed by atoms with Crippen LogP contribution in [0.4, 0.5) is 33.3 Å². The second-order valence-electron chi connectivity index (χ2n) is 8.25. The molecule has 0 unspecified atom stereocenters. The molecule has 3 aromatic carbocycles. The number of nitro benzene ring substituents is 1. The molecule has 0 aliphatic rings. The van der Waals surface area contributed by atoms with Gasteiger partial charge in [0, 0.05) is 12.1 Å². The third-order valence-corrected chi connectivity index (χ3v) is 5.35. The van der Waals surface area contributed by atoms with E-state index in [2.05, 4.69) is 5.32 Å². The van der Waals surface area contributed by atoms with Gasteiger partial charge in [-0.2, -0.15) is 8.78 Å². The number of hydrogen-bond acceptors (Lipinski definition) is 6. The van der Waals surface area contributed by atoms with Gasteiger partial charge in [0.25, 0.3) is 11.6 Å². The Kier molecular flexibility index (Phi) is 7.51. The number of amides is 1. The Morgan fingerprint density at radius 2 is 1.59 bits per heavy atom. The standard InChI is InChI=1S/C26H17F5N2O6/c1-12-3-4-13(2)19(7-12)39-17-9-14(8-15(10-17)33(35)36)32-26(34)18-6-5-16(38-18)11-37-25-23(30)21(28)20(27)22(29)24(25)31/h3-10H,11H2,1-2H3,(H,32,34). The molecule has 1 heterocycles. The molecule has 202 valence electrons. The lowest BCUT2D eigenvalue weighted by atomic mass is 10.1. The summed E-state index contributed by atoms with van der Waals surface area (Å²) in [6, 6.07) is 11.4. The molecule has 8 nitrogen and oxygen atoms in total. The van der Waals surface area contributed by atoms with Crippen LogP contribution < -0.4 is 14.8 Å². The first kappa shape index (κ1) is 27.1. The number of nitro groups is 1. The van der Waals surface area contributed by atoms with Crippen molar-refractivity contribution in [1.82, 2.24) is 0 Å². The maximum atomic E-state index is 13.8. The lowest BCUT2D eigenvalue weighted by molar-refractivity contribution is -0.384. The maximum absolute atomic E-state index is 13.8. The van der Waals surface area contributed by atoms with Gasteiger partial charge in [0.05, 0.1) is 16.7 Å². The van der Waals surface area contributed by atoms with Crippen molar-refractivity contribution in [3.05, 3.63) is 110 Å². The number of aryl methyl sites for hydroxylation is 2. The molecule has 1 N–H and O–H groups in total. The molecule has 0 radical (unpaired) electrons. The zero-order chi connectivity index (χ0) is 28.4. The molecule has 1 amide bonds. The molecule has 4 rings (SSSR count). The summed E-state index contributed by atoms with van der Waals surface area (Å²) in [5.41, 5.74) is 1.29. The zero-order valence-electron chi connectivity index (χ0n) is 20.1. The third kappa shape index (κ3) is 5.81. The number of rotatable bonds is 8. The molecule has 13 heteroatoms. The number of carbonyl (C=O) groups is 1. The van der Waals surface area contributed by atoms with E-state index >= 15 is 0 Å². The lowest BCUT2D eigenvalue weighted by Crippen LogP contribution is -2.11. The highest BCUT2D eigenvalue weighted by Gasteiger charge is 2.27. The van der Waals surface area contributed by atoms with E-state index in [4.69, 9.17) is 13.9 Å². The summed E-state index contributed by atoms with van der Waals surface area (Å²) in [7, 11) is 0. The summed E-state index contributed by atoms with van der Waals surface area (Å²) in [5, 5.41) is 13.8. The van der Waals surface area contributed by atoms with Crippen LogP contribution in [0.25, 0.3) is 0 Å². The van der Waals surface area contributed by atoms with Crippen molar-refractivity contribution in [1.29, 1.82) is 0 Å². The first-order valence-corrected chi connectivity index (χ1v) is 11.0. The molecule has 1 aromatic heterocycles. The minimum atomic E-state index is -2.34. The van der Waals surface area contributed by atoms with Crippen LogP contribution in [-0.2, 0) is 6.61 Å². The average Bonchev–Trinajstić information content (AvgIpc) is 3.37. The Hall–Kier alpha value is -4.94. The van der Waals surface area contributed by atoms with E-state index in [0.717, 1.165) is 23.3 Å². The highest BCUT2D eigenvalue weighted by molar-refractivity contribution is 6.02. The molecular formula is C26H17F5N2O6. The monoisotopic (exact) mass is 548 g/mol. The molecule has 39 heavy (non-hydrogen) atoms. The first-order valence-electron chi connectivity index (χ1n) is 11.0. The number of hydrogen-bond donors (Lipinski definition) is 1. The summed E-state index contributed by atoms with van der Waals surface area (Å²) in [6.07, 6.45) is 0. The molecule has 0 aliphatic carbocycles. The van der Waals surface area contributed by atoms with Gasteiger partial charge in [-0.1, -0.05) is 12.1 Å². The van der Waals surface area contributed by atoms with Gasteiger partial charge >= 0.3 is 0 Å².